The van der Waals surface area contributed by atoms with Gasteiger partial charge in [0.1, 0.15) is 11.5 Å². The van der Waals surface area contributed by atoms with Gasteiger partial charge in [-0.1, -0.05) is 6.07 Å². The molecular formula is C20H29IN4O3. The lowest BCUT2D eigenvalue weighted by Gasteiger charge is -2.11. The van der Waals surface area contributed by atoms with Crippen LogP contribution in [0.3, 0.4) is 0 Å². The maximum absolute atomic E-state index is 5.73. The number of aromatic nitrogens is 1. The summed E-state index contributed by atoms with van der Waals surface area (Å²) in [6.07, 6.45) is 1.77. The predicted molar refractivity (Wildman–Crippen MR) is 122 cm³/mol. The van der Waals surface area contributed by atoms with E-state index in [1.165, 1.54) is 0 Å². The molecular weight excluding hydrogens is 471 g/mol. The number of methoxy groups -OCH3 is 1. The second-order valence-electron chi connectivity index (χ2n) is 5.60. The number of halogens is 1. The Balaban J connectivity index is 0.00000392. The Kier molecular flexibility index (Phi) is 12.0. The molecule has 0 unspecified atom stereocenters. The van der Waals surface area contributed by atoms with Crippen LogP contribution in [0.4, 0.5) is 0 Å². The highest BCUT2D eigenvalue weighted by atomic mass is 127. The molecule has 0 radical (unpaired) electrons. The zero-order valence-electron chi connectivity index (χ0n) is 16.6. The van der Waals surface area contributed by atoms with Crippen molar-refractivity contribution in [1.29, 1.82) is 0 Å². The van der Waals surface area contributed by atoms with Gasteiger partial charge in [0, 0.05) is 32.0 Å². The Morgan fingerprint density at radius 2 is 1.79 bits per heavy atom. The molecule has 0 aliphatic heterocycles. The van der Waals surface area contributed by atoms with Crippen molar-refractivity contribution in [2.45, 2.75) is 20.4 Å². The SMILES string of the molecule is CCNC(=NCc1ccc(Oc2ccc(OC)cc2)nc1)NCCOCC.I. The Hall–Kier alpha value is -2.07. The van der Waals surface area contributed by atoms with Crippen LogP contribution in [-0.2, 0) is 11.3 Å². The fourth-order valence-corrected chi connectivity index (χ4v) is 2.23. The van der Waals surface area contributed by atoms with Gasteiger partial charge in [-0.3, -0.25) is 0 Å². The van der Waals surface area contributed by atoms with Gasteiger partial charge >= 0.3 is 0 Å². The van der Waals surface area contributed by atoms with Crippen LogP contribution in [-0.4, -0.2) is 44.4 Å². The first-order valence-corrected chi connectivity index (χ1v) is 9.12. The second kappa shape index (κ2) is 14.0. The average Bonchev–Trinajstić information content (AvgIpc) is 2.71. The highest BCUT2D eigenvalue weighted by molar-refractivity contribution is 14.0. The fourth-order valence-electron chi connectivity index (χ4n) is 2.23. The molecule has 7 nitrogen and oxygen atoms in total. The van der Waals surface area contributed by atoms with Crippen LogP contribution in [0.5, 0.6) is 17.4 Å². The highest BCUT2D eigenvalue weighted by Gasteiger charge is 2.01. The number of ether oxygens (including phenoxy) is 3. The quantitative estimate of drug-likeness (QED) is 0.225. The summed E-state index contributed by atoms with van der Waals surface area (Å²) in [6.45, 7) is 7.42. The van der Waals surface area contributed by atoms with E-state index in [9.17, 15) is 0 Å². The predicted octanol–water partition coefficient (Wildman–Crippen LogP) is 3.59. The fraction of sp³-hybridized carbons (Fsp3) is 0.400. The van der Waals surface area contributed by atoms with E-state index in [0.717, 1.165) is 23.8 Å². The van der Waals surface area contributed by atoms with E-state index in [0.29, 0.717) is 37.9 Å². The minimum absolute atomic E-state index is 0. The molecule has 2 N–H and O–H groups in total. The molecule has 0 bridgehead atoms. The van der Waals surface area contributed by atoms with Crippen molar-refractivity contribution >= 4 is 29.9 Å². The number of nitrogens with one attached hydrogen (secondary N) is 2. The van der Waals surface area contributed by atoms with E-state index >= 15 is 0 Å². The normalized spacial score (nSPS) is 10.8. The van der Waals surface area contributed by atoms with Gasteiger partial charge in [-0.05, 0) is 43.7 Å². The molecule has 0 spiro atoms. The molecule has 0 saturated heterocycles. The minimum atomic E-state index is 0. The van der Waals surface area contributed by atoms with Gasteiger partial charge in [0.25, 0.3) is 0 Å². The molecule has 0 atom stereocenters. The maximum atomic E-state index is 5.73. The van der Waals surface area contributed by atoms with Crippen LogP contribution in [0.25, 0.3) is 0 Å². The monoisotopic (exact) mass is 500 g/mol. The molecule has 0 fully saturated rings. The van der Waals surface area contributed by atoms with E-state index in [1.54, 1.807) is 13.3 Å². The molecule has 0 amide bonds. The van der Waals surface area contributed by atoms with Crippen molar-refractivity contribution in [2.75, 3.05) is 33.4 Å². The average molecular weight is 500 g/mol. The topological polar surface area (TPSA) is 77.0 Å². The van der Waals surface area contributed by atoms with E-state index in [2.05, 4.69) is 20.6 Å². The Labute approximate surface area is 183 Å². The third kappa shape index (κ3) is 8.75. The zero-order valence-corrected chi connectivity index (χ0v) is 18.9. The first-order valence-electron chi connectivity index (χ1n) is 9.12. The van der Waals surface area contributed by atoms with Gasteiger partial charge < -0.3 is 24.8 Å². The van der Waals surface area contributed by atoms with Crippen molar-refractivity contribution in [2.24, 2.45) is 4.99 Å². The van der Waals surface area contributed by atoms with E-state index in [4.69, 9.17) is 14.2 Å². The van der Waals surface area contributed by atoms with Crippen LogP contribution >= 0.6 is 24.0 Å². The first kappa shape index (κ1) is 24.0. The lowest BCUT2D eigenvalue weighted by molar-refractivity contribution is 0.152. The standard InChI is InChI=1S/C20H28N4O3.HI/c1-4-21-20(22-12-13-26-5-2)24-15-16-6-11-19(23-14-16)27-18-9-7-17(25-3)8-10-18;/h6-11,14H,4-5,12-13,15H2,1-3H3,(H2,21,22,24);1H. The summed E-state index contributed by atoms with van der Waals surface area (Å²) in [5.41, 5.74) is 0.999. The Morgan fingerprint density at radius 1 is 1.04 bits per heavy atom. The summed E-state index contributed by atoms with van der Waals surface area (Å²) in [6, 6.07) is 11.2. The number of hydrogen-bond acceptors (Lipinski definition) is 5. The molecule has 0 aliphatic carbocycles. The molecule has 1 heterocycles. The largest absolute Gasteiger partial charge is 0.497 e. The molecule has 1 aromatic heterocycles. The van der Waals surface area contributed by atoms with Crippen molar-refractivity contribution < 1.29 is 14.2 Å². The highest BCUT2D eigenvalue weighted by Crippen LogP contribution is 2.22. The van der Waals surface area contributed by atoms with Gasteiger partial charge in [-0.2, -0.15) is 0 Å². The van der Waals surface area contributed by atoms with Gasteiger partial charge in [0.2, 0.25) is 5.88 Å². The number of benzene rings is 1. The lowest BCUT2D eigenvalue weighted by Crippen LogP contribution is -2.39. The molecule has 2 aromatic rings. The summed E-state index contributed by atoms with van der Waals surface area (Å²) in [5.74, 6) is 2.79. The van der Waals surface area contributed by atoms with Crippen LogP contribution in [0, 0.1) is 0 Å². The van der Waals surface area contributed by atoms with Crippen molar-refractivity contribution in [1.82, 2.24) is 15.6 Å². The zero-order chi connectivity index (χ0) is 19.3. The summed E-state index contributed by atoms with van der Waals surface area (Å²) in [5, 5.41) is 6.45. The van der Waals surface area contributed by atoms with E-state index in [1.807, 2.05) is 50.2 Å². The smallest absolute Gasteiger partial charge is 0.219 e. The molecule has 8 heteroatoms. The van der Waals surface area contributed by atoms with Crippen LogP contribution in [0.15, 0.2) is 47.6 Å². The van der Waals surface area contributed by atoms with Gasteiger partial charge in [0.05, 0.1) is 20.3 Å². The number of pyridine rings is 1. The first-order chi connectivity index (χ1) is 13.2. The van der Waals surface area contributed by atoms with Crippen molar-refractivity contribution in [3.8, 4) is 17.4 Å². The lowest BCUT2D eigenvalue weighted by atomic mass is 10.3. The number of rotatable bonds is 10. The number of guanidine groups is 1. The maximum Gasteiger partial charge on any atom is 0.219 e. The summed E-state index contributed by atoms with van der Waals surface area (Å²) in [7, 11) is 1.63. The molecule has 28 heavy (non-hydrogen) atoms. The molecule has 0 aliphatic rings. The van der Waals surface area contributed by atoms with Gasteiger partial charge in [0.15, 0.2) is 5.96 Å². The van der Waals surface area contributed by atoms with E-state index in [-0.39, 0.29) is 24.0 Å². The Bertz CT molecular complexity index is 694. The number of hydrogen-bond donors (Lipinski definition) is 2. The van der Waals surface area contributed by atoms with Gasteiger partial charge in [-0.25, -0.2) is 9.98 Å². The van der Waals surface area contributed by atoms with Crippen molar-refractivity contribution in [3.63, 3.8) is 0 Å². The summed E-state index contributed by atoms with van der Waals surface area (Å²) in [4.78, 5) is 8.90. The van der Waals surface area contributed by atoms with Crippen molar-refractivity contribution in [3.05, 3.63) is 48.2 Å². The van der Waals surface area contributed by atoms with Crippen LogP contribution < -0.4 is 20.1 Å². The third-order valence-electron chi connectivity index (χ3n) is 3.59. The second-order valence-corrected chi connectivity index (χ2v) is 5.60. The molecule has 0 saturated carbocycles. The minimum Gasteiger partial charge on any atom is -0.497 e. The van der Waals surface area contributed by atoms with Crippen LogP contribution in [0.2, 0.25) is 0 Å². The third-order valence-corrected chi connectivity index (χ3v) is 3.59. The van der Waals surface area contributed by atoms with Gasteiger partial charge in [-0.15, -0.1) is 24.0 Å². The van der Waals surface area contributed by atoms with E-state index < -0.39 is 0 Å². The number of aliphatic imine (C=N–C) groups is 1. The molecule has 154 valence electrons. The van der Waals surface area contributed by atoms with Crippen LogP contribution in [0.1, 0.15) is 19.4 Å². The molecule has 1 aromatic carbocycles. The summed E-state index contributed by atoms with van der Waals surface area (Å²) < 4.78 is 16.2. The molecule has 2 rings (SSSR count). The Morgan fingerprint density at radius 3 is 2.39 bits per heavy atom. The number of nitrogens with zero attached hydrogens (tertiary/aromatic N) is 2. The summed E-state index contributed by atoms with van der Waals surface area (Å²) >= 11 is 0.